The summed E-state index contributed by atoms with van der Waals surface area (Å²) in [5, 5.41) is 0. The van der Waals surface area contributed by atoms with Gasteiger partial charge in [0.25, 0.3) is 0 Å². The Morgan fingerprint density at radius 2 is 1.85 bits per heavy atom. The molecule has 0 spiro atoms. The molecule has 0 radical (unpaired) electrons. The fourth-order valence-corrected chi connectivity index (χ4v) is 2.48. The predicted molar refractivity (Wildman–Crippen MR) is 80.4 cm³/mol. The summed E-state index contributed by atoms with van der Waals surface area (Å²) in [7, 11) is 0. The van der Waals surface area contributed by atoms with Crippen molar-refractivity contribution in [3.8, 4) is 5.75 Å². The molecule has 0 atom stereocenters. The average molecular weight is 407 g/mol. The lowest BCUT2D eigenvalue weighted by molar-refractivity contribution is 0.289. The number of nitrogens with two attached hydrogens (primary N) is 1. The Morgan fingerprint density at radius 3 is 2.55 bits per heavy atom. The number of hydrogen-bond donors (Lipinski definition) is 1. The Hall–Kier alpha value is -0.980. The average Bonchev–Trinajstić information content (AvgIpc) is 2.44. The molecular weight excluding hydrogens is 396 g/mol. The van der Waals surface area contributed by atoms with Gasteiger partial charge in [0.2, 0.25) is 0 Å². The summed E-state index contributed by atoms with van der Waals surface area (Å²) < 4.78 is 34.0. The molecule has 2 aromatic carbocycles. The molecular formula is C14H11Br2F2NO. The molecule has 0 saturated heterocycles. The molecule has 0 heterocycles. The van der Waals surface area contributed by atoms with Crippen molar-refractivity contribution >= 4 is 31.9 Å². The topological polar surface area (TPSA) is 35.2 Å². The van der Waals surface area contributed by atoms with Gasteiger partial charge < -0.3 is 10.5 Å². The van der Waals surface area contributed by atoms with E-state index in [1.165, 1.54) is 12.1 Å². The zero-order valence-corrected chi connectivity index (χ0v) is 13.5. The lowest BCUT2D eigenvalue weighted by atomic mass is 10.2. The highest BCUT2D eigenvalue weighted by molar-refractivity contribution is 9.10. The third-order valence-electron chi connectivity index (χ3n) is 2.75. The van der Waals surface area contributed by atoms with E-state index < -0.39 is 11.6 Å². The molecule has 20 heavy (non-hydrogen) atoms. The molecule has 6 heteroatoms. The molecule has 0 aromatic heterocycles. The van der Waals surface area contributed by atoms with Crippen molar-refractivity contribution in [2.45, 2.75) is 13.2 Å². The van der Waals surface area contributed by atoms with Gasteiger partial charge in [-0.1, -0.05) is 15.9 Å². The van der Waals surface area contributed by atoms with Crippen molar-refractivity contribution in [1.29, 1.82) is 0 Å². The summed E-state index contributed by atoms with van der Waals surface area (Å²) in [5.74, 6) is -0.789. The van der Waals surface area contributed by atoms with Crippen LogP contribution in [-0.4, -0.2) is 0 Å². The Balaban J connectivity index is 2.23. The normalized spacial score (nSPS) is 10.7. The summed E-state index contributed by atoms with van der Waals surface area (Å²) in [5.41, 5.74) is 6.26. The van der Waals surface area contributed by atoms with Crippen LogP contribution in [0, 0.1) is 11.6 Å². The van der Waals surface area contributed by atoms with Gasteiger partial charge in [-0.25, -0.2) is 8.78 Å². The van der Waals surface area contributed by atoms with Crippen molar-refractivity contribution in [3.63, 3.8) is 0 Å². The van der Waals surface area contributed by atoms with Crippen LogP contribution in [0.5, 0.6) is 5.75 Å². The largest absolute Gasteiger partial charge is 0.488 e. The lowest BCUT2D eigenvalue weighted by Gasteiger charge is -2.12. The zero-order valence-electron chi connectivity index (χ0n) is 10.3. The van der Waals surface area contributed by atoms with E-state index in [0.29, 0.717) is 5.75 Å². The van der Waals surface area contributed by atoms with Crippen LogP contribution in [0.1, 0.15) is 11.1 Å². The highest BCUT2D eigenvalue weighted by Gasteiger charge is 2.13. The SMILES string of the molecule is NCc1cc(Br)ccc1OCc1c(F)ccc(Br)c1F. The van der Waals surface area contributed by atoms with Gasteiger partial charge in [0.15, 0.2) is 0 Å². The van der Waals surface area contributed by atoms with Crippen molar-refractivity contribution in [2.75, 3.05) is 0 Å². The number of benzene rings is 2. The van der Waals surface area contributed by atoms with Gasteiger partial charge >= 0.3 is 0 Å². The first-order valence-electron chi connectivity index (χ1n) is 5.76. The van der Waals surface area contributed by atoms with Gasteiger partial charge in [-0.3, -0.25) is 0 Å². The molecule has 0 aliphatic rings. The molecule has 2 rings (SSSR count). The van der Waals surface area contributed by atoms with Crippen LogP contribution in [-0.2, 0) is 13.2 Å². The Bertz CT molecular complexity index is 635. The van der Waals surface area contributed by atoms with Crippen molar-refractivity contribution in [2.24, 2.45) is 5.73 Å². The van der Waals surface area contributed by atoms with Gasteiger partial charge in [-0.2, -0.15) is 0 Å². The first-order valence-corrected chi connectivity index (χ1v) is 7.35. The molecule has 2 nitrogen and oxygen atoms in total. The monoisotopic (exact) mass is 405 g/mol. The van der Waals surface area contributed by atoms with Crippen LogP contribution in [0.3, 0.4) is 0 Å². The van der Waals surface area contributed by atoms with E-state index in [1.807, 2.05) is 6.07 Å². The summed E-state index contributed by atoms with van der Waals surface area (Å²) in [4.78, 5) is 0. The van der Waals surface area contributed by atoms with Crippen molar-refractivity contribution in [1.82, 2.24) is 0 Å². The molecule has 0 aliphatic carbocycles. The molecule has 0 amide bonds. The maximum absolute atomic E-state index is 13.8. The van der Waals surface area contributed by atoms with E-state index in [1.54, 1.807) is 12.1 Å². The minimum atomic E-state index is -0.656. The van der Waals surface area contributed by atoms with Gasteiger partial charge in [0.1, 0.15) is 24.0 Å². The van der Waals surface area contributed by atoms with Crippen LogP contribution in [0.25, 0.3) is 0 Å². The van der Waals surface area contributed by atoms with Gasteiger partial charge in [-0.15, -0.1) is 0 Å². The highest BCUT2D eigenvalue weighted by Crippen LogP contribution is 2.26. The van der Waals surface area contributed by atoms with Crippen LogP contribution < -0.4 is 10.5 Å². The van der Waals surface area contributed by atoms with Crippen LogP contribution in [0.15, 0.2) is 39.3 Å². The quantitative estimate of drug-likeness (QED) is 0.757. The predicted octanol–water partition coefficient (Wildman–Crippen LogP) is 4.53. The van der Waals surface area contributed by atoms with Crippen LogP contribution >= 0.6 is 31.9 Å². The summed E-state index contributed by atoms with van der Waals surface area (Å²) in [6.07, 6.45) is 0. The highest BCUT2D eigenvalue weighted by atomic mass is 79.9. The second-order valence-electron chi connectivity index (χ2n) is 4.07. The number of halogens is 4. The second kappa shape index (κ2) is 6.65. The molecule has 106 valence electrons. The number of rotatable bonds is 4. The van der Waals surface area contributed by atoms with Crippen molar-refractivity contribution in [3.05, 3.63) is 62.0 Å². The minimum Gasteiger partial charge on any atom is -0.488 e. The van der Waals surface area contributed by atoms with Crippen molar-refractivity contribution < 1.29 is 13.5 Å². The smallest absolute Gasteiger partial charge is 0.146 e. The van der Waals surface area contributed by atoms with E-state index in [2.05, 4.69) is 31.9 Å². The lowest BCUT2D eigenvalue weighted by Crippen LogP contribution is -2.06. The maximum Gasteiger partial charge on any atom is 0.146 e. The third kappa shape index (κ3) is 3.37. The molecule has 0 aliphatic heterocycles. The standard InChI is InChI=1S/C14H11Br2F2NO/c15-9-1-4-13(8(5-9)6-19)20-7-10-12(17)3-2-11(16)14(10)18/h1-5H,6-7,19H2. The van der Waals surface area contributed by atoms with E-state index in [9.17, 15) is 8.78 Å². The van der Waals surface area contributed by atoms with E-state index >= 15 is 0 Å². The Labute approximate surface area is 132 Å². The second-order valence-corrected chi connectivity index (χ2v) is 5.84. The third-order valence-corrected chi connectivity index (χ3v) is 3.86. The number of ether oxygens (including phenoxy) is 1. The van der Waals surface area contributed by atoms with Gasteiger partial charge in [0.05, 0.1) is 10.0 Å². The maximum atomic E-state index is 13.8. The van der Waals surface area contributed by atoms with Crippen LogP contribution in [0.2, 0.25) is 0 Å². The first kappa shape index (κ1) is 15.4. The fourth-order valence-electron chi connectivity index (χ4n) is 1.70. The Kier molecular flexibility index (Phi) is 5.12. The van der Waals surface area contributed by atoms with E-state index in [-0.39, 0.29) is 23.2 Å². The summed E-state index contributed by atoms with van der Waals surface area (Å²) in [6, 6.07) is 7.81. The summed E-state index contributed by atoms with van der Waals surface area (Å²) in [6.45, 7) is 0.0734. The number of hydrogen-bond acceptors (Lipinski definition) is 2. The Morgan fingerprint density at radius 1 is 1.10 bits per heavy atom. The molecule has 0 saturated carbocycles. The molecule has 0 fully saturated rings. The van der Waals surface area contributed by atoms with E-state index in [4.69, 9.17) is 10.5 Å². The minimum absolute atomic E-state index is 0.120. The molecule has 0 unspecified atom stereocenters. The first-order chi connectivity index (χ1) is 9.52. The molecule has 0 bridgehead atoms. The van der Waals surface area contributed by atoms with Gasteiger partial charge in [0, 0.05) is 16.6 Å². The van der Waals surface area contributed by atoms with Crippen LogP contribution in [0.4, 0.5) is 8.78 Å². The van der Waals surface area contributed by atoms with E-state index in [0.717, 1.165) is 10.0 Å². The molecule has 2 aromatic rings. The summed E-state index contributed by atoms with van der Waals surface area (Å²) >= 11 is 6.35. The fraction of sp³-hybridized carbons (Fsp3) is 0.143. The molecule has 2 N–H and O–H groups in total. The zero-order chi connectivity index (χ0) is 14.7. The van der Waals surface area contributed by atoms with Gasteiger partial charge in [-0.05, 0) is 46.3 Å².